The number of halogens is 3. The van der Waals surface area contributed by atoms with Gasteiger partial charge in [0.1, 0.15) is 18.0 Å². The molecule has 0 unspecified atom stereocenters. The number of rotatable bonds is 9. The molecule has 2 fully saturated rings. The van der Waals surface area contributed by atoms with E-state index < -0.39 is 17.6 Å². The van der Waals surface area contributed by atoms with E-state index in [2.05, 4.69) is 42.7 Å². The predicted molar refractivity (Wildman–Crippen MR) is 164 cm³/mol. The fourth-order valence-electron chi connectivity index (χ4n) is 5.14. The van der Waals surface area contributed by atoms with E-state index in [1.54, 1.807) is 29.1 Å². The van der Waals surface area contributed by atoms with Crippen molar-refractivity contribution in [3.05, 3.63) is 77.9 Å². The van der Waals surface area contributed by atoms with Gasteiger partial charge in [0.25, 0.3) is 5.91 Å². The number of imidazole rings is 1. The Morgan fingerprint density at radius 1 is 1.00 bits per heavy atom. The van der Waals surface area contributed by atoms with E-state index in [0.717, 1.165) is 56.0 Å². The first kappa shape index (κ1) is 29.4. The Balaban J connectivity index is 1.21. The standard InChI is InChI=1S/C31H34F3N9O/c1-3-41-10-12-42(13-11-41)25-15-21(14-22(16-25)31(32,33)34)29(44)39-24-5-4-20(2)26(17-24)40-30-35-8-9-43(30)28-18-27(36-19-37-28)38-23-6-7-23/h4-5,8-9,14-19,23H,3,6-7,10-13H2,1-2H3,(H,35,40)(H,39,44)(H,36,37,38). The number of hydrogen-bond acceptors (Lipinski definition) is 8. The van der Waals surface area contributed by atoms with Crippen LogP contribution in [0.5, 0.6) is 0 Å². The van der Waals surface area contributed by atoms with Crippen LogP contribution < -0.4 is 20.9 Å². The molecule has 1 aliphatic heterocycles. The Hall–Kier alpha value is -4.65. The number of piperazine rings is 1. The number of likely N-dealkylation sites (N-methyl/N-ethyl adjacent to an activating group) is 1. The number of nitrogens with one attached hydrogen (secondary N) is 3. The topological polar surface area (TPSA) is 103 Å². The molecule has 1 amide bonds. The molecule has 13 heteroatoms. The molecule has 10 nitrogen and oxygen atoms in total. The molecule has 6 rings (SSSR count). The minimum atomic E-state index is -4.59. The summed E-state index contributed by atoms with van der Waals surface area (Å²) in [6, 6.07) is 11.1. The van der Waals surface area contributed by atoms with E-state index in [0.29, 0.717) is 48.0 Å². The molecule has 1 aliphatic carbocycles. The van der Waals surface area contributed by atoms with Crippen molar-refractivity contribution in [2.24, 2.45) is 0 Å². The highest BCUT2D eigenvalue weighted by molar-refractivity contribution is 6.05. The monoisotopic (exact) mass is 605 g/mol. The highest BCUT2D eigenvalue weighted by Crippen LogP contribution is 2.34. The van der Waals surface area contributed by atoms with Gasteiger partial charge < -0.3 is 25.8 Å². The molecular weight excluding hydrogens is 571 g/mol. The zero-order valence-electron chi connectivity index (χ0n) is 24.5. The average Bonchev–Trinajstić information content (AvgIpc) is 3.71. The molecule has 0 spiro atoms. The first-order chi connectivity index (χ1) is 21.2. The molecule has 1 saturated carbocycles. The van der Waals surface area contributed by atoms with Gasteiger partial charge in [-0.25, -0.2) is 15.0 Å². The second-order valence-electron chi connectivity index (χ2n) is 11.1. The van der Waals surface area contributed by atoms with Gasteiger partial charge in [0.15, 0.2) is 0 Å². The van der Waals surface area contributed by atoms with Crippen LogP contribution in [-0.4, -0.2) is 69.1 Å². The number of amides is 1. The van der Waals surface area contributed by atoms with Crippen molar-refractivity contribution in [1.82, 2.24) is 24.4 Å². The fraction of sp³-hybridized carbons (Fsp3) is 0.355. The van der Waals surface area contributed by atoms with Gasteiger partial charge in [-0.2, -0.15) is 13.2 Å². The van der Waals surface area contributed by atoms with Crippen LogP contribution in [-0.2, 0) is 6.18 Å². The Kier molecular flexibility index (Phi) is 8.13. The smallest absolute Gasteiger partial charge is 0.369 e. The summed E-state index contributed by atoms with van der Waals surface area (Å²) in [5.74, 6) is 1.23. The van der Waals surface area contributed by atoms with E-state index in [4.69, 9.17) is 0 Å². The summed E-state index contributed by atoms with van der Waals surface area (Å²) in [4.78, 5) is 30.6. The zero-order valence-corrected chi connectivity index (χ0v) is 24.5. The first-order valence-corrected chi connectivity index (χ1v) is 14.7. The molecule has 3 heterocycles. The van der Waals surface area contributed by atoms with Crippen molar-refractivity contribution in [3.8, 4) is 5.82 Å². The molecule has 0 bridgehead atoms. The quantitative estimate of drug-likeness (QED) is 0.223. The third-order valence-corrected chi connectivity index (χ3v) is 7.90. The fourth-order valence-corrected chi connectivity index (χ4v) is 5.14. The van der Waals surface area contributed by atoms with Crippen LogP contribution in [0.25, 0.3) is 5.82 Å². The molecule has 2 aliphatic rings. The molecule has 0 radical (unpaired) electrons. The van der Waals surface area contributed by atoms with Gasteiger partial charge in [-0.1, -0.05) is 13.0 Å². The Bertz CT molecular complexity index is 1640. The normalized spacial score (nSPS) is 15.7. The maximum Gasteiger partial charge on any atom is 0.416 e. The number of anilines is 5. The molecular formula is C31H34F3N9O. The number of aryl methyl sites for hydroxylation is 1. The van der Waals surface area contributed by atoms with Crippen LogP contribution in [0.1, 0.15) is 41.3 Å². The van der Waals surface area contributed by atoms with Crippen molar-refractivity contribution >= 4 is 34.7 Å². The lowest BCUT2D eigenvalue weighted by Gasteiger charge is -2.36. The lowest BCUT2D eigenvalue weighted by atomic mass is 10.1. The third-order valence-electron chi connectivity index (χ3n) is 7.90. The van der Waals surface area contributed by atoms with E-state index in [1.165, 1.54) is 12.4 Å². The number of hydrogen-bond donors (Lipinski definition) is 3. The van der Waals surface area contributed by atoms with Crippen LogP contribution in [0.2, 0.25) is 0 Å². The largest absolute Gasteiger partial charge is 0.416 e. The maximum atomic E-state index is 13.8. The number of alkyl halides is 3. The van der Waals surface area contributed by atoms with Gasteiger partial charge >= 0.3 is 6.18 Å². The summed E-state index contributed by atoms with van der Waals surface area (Å²) in [6.07, 6.45) is 2.57. The Labute approximate surface area is 253 Å². The second kappa shape index (κ2) is 12.2. The van der Waals surface area contributed by atoms with E-state index in [-0.39, 0.29) is 5.56 Å². The van der Waals surface area contributed by atoms with Gasteiger partial charge in [-0.3, -0.25) is 9.36 Å². The van der Waals surface area contributed by atoms with E-state index in [1.807, 2.05) is 24.0 Å². The minimum Gasteiger partial charge on any atom is -0.369 e. The number of benzene rings is 2. The molecule has 2 aromatic carbocycles. The highest BCUT2D eigenvalue weighted by Gasteiger charge is 2.33. The number of carbonyl (C=O) groups is 1. The number of aromatic nitrogens is 4. The molecule has 4 aromatic rings. The van der Waals surface area contributed by atoms with Crippen molar-refractivity contribution in [1.29, 1.82) is 0 Å². The van der Waals surface area contributed by atoms with Gasteiger partial charge in [0, 0.05) is 73.3 Å². The Morgan fingerprint density at radius 3 is 2.52 bits per heavy atom. The van der Waals surface area contributed by atoms with Crippen LogP contribution in [0.3, 0.4) is 0 Å². The molecule has 0 atom stereocenters. The number of carbonyl (C=O) groups excluding carboxylic acids is 1. The van der Waals surface area contributed by atoms with Crippen LogP contribution in [0, 0.1) is 6.92 Å². The second-order valence-corrected chi connectivity index (χ2v) is 11.1. The molecule has 1 saturated heterocycles. The van der Waals surface area contributed by atoms with Crippen molar-refractivity contribution in [3.63, 3.8) is 0 Å². The summed E-state index contributed by atoms with van der Waals surface area (Å²) >= 11 is 0. The summed E-state index contributed by atoms with van der Waals surface area (Å²) in [5, 5.41) is 9.44. The highest BCUT2D eigenvalue weighted by atomic mass is 19.4. The minimum absolute atomic E-state index is 0.0576. The molecule has 2 aromatic heterocycles. The van der Waals surface area contributed by atoms with Crippen LogP contribution in [0.15, 0.2) is 61.2 Å². The molecule has 3 N–H and O–H groups in total. The van der Waals surface area contributed by atoms with Crippen molar-refractivity contribution < 1.29 is 18.0 Å². The number of nitrogens with zero attached hydrogens (tertiary/aromatic N) is 6. The summed E-state index contributed by atoms with van der Waals surface area (Å²) < 4.78 is 43.3. The van der Waals surface area contributed by atoms with E-state index in [9.17, 15) is 18.0 Å². The van der Waals surface area contributed by atoms with Gasteiger partial charge in [-0.05, 0) is 62.2 Å². The zero-order chi connectivity index (χ0) is 30.8. The summed E-state index contributed by atoms with van der Waals surface area (Å²) in [6.45, 7) is 7.53. The SMILES string of the molecule is CCN1CCN(c2cc(C(=O)Nc3ccc(C)c(Nc4nccn4-c4cc(NC5CC5)ncn4)c3)cc(C(F)(F)F)c2)CC1. The van der Waals surface area contributed by atoms with Gasteiger partial charge in [0.2, 0.25) is 5.95 Å². The predicted octanol–water partition coefficient (Wildman–Crippen LogP) is 5.70. The van der Waals surface area contributed by atoms with E-state index >= 15 is 0 Å². The Morgan fingerprint density at radius 2 is 1.80 bits per heavy atom. The molecule has 230 valence electrons. The van der Waals surface area contributed by atoms with Crippen LogP contribution in [0.4, 0.5) is 42.0 Å². The van der Waals surface area contributed by atoms with Crippen LogP contribution >= 0.6 is 0 Å². The molecule has 44 heavy (non-hydrogen) atoms. The lowest BCUT2D eigenvalue weighted by molar-refractivity contribution is -0.137. The average molecular weight is 606 g/mol. The summed E-state index contributed by atoms with van der Waals surface area (Å²) in [5.41, 5.74) is 1.45. The van der Waals surface area contributed by atoms with Gasteiger partial charge in [-0.15, -0.1) is 0 Å². The summed E-state index contributed by atoms with van der Waals surface area (Å²) in [7, 11) is 0. The third kappa shape index (κ3) is 6.77. The van der Waals surface area contributed by atoms with Crippen molar-refractivity contribution in [2.75, 3.05) is 53.6 Å². The first-order valence-electron chi connectivity index (χ1n) is 14.7. The van der Waals surface area contributed by atoms with Crippen molar-refractivity contribution in [2.45, 2.75) is 38.9 Å². The lowest BCUT2D eigenvalue weighted by Crippen LogP contribution is -2.46. The van der Waals surface area contributed by atoms with Gasteiger partial charge in [0.05, 0.1) is 5.56 Å². The maximum absolute atomic E-state index is 13.8.